The second-order valence-electron chi connectivity index (χ2n) is 12.8. The average molecular weight is 508 g/mol. The zero-order chi connectivity index (χ0) is 25.5. The van der Waals surface area contributed by atoms with E-state index in [9.17, 15) is 9.90 Å². The Hall–Kier alpha value is -0.810. The third-order valence-corrected chi connectivity index (χ3v) is 12.3. The monoisotopic (exact) mass is 507 g/mol. The molecule has 9 heteroatoms. The Bertz CT molecular complexity index is 979. The van der Waals surface area contributed by atoms with Crippen molar-refractivity contribution in [3.05, 3.63) is 0 Å². The quantitative estimate of drug-likeness (QED) is 0.553. The summed E-state index contributed by atoms with van der Waals surface area (Å²) in [7, 11) is 5.31. The van der Waals surface area contributed by atoms with Gasteiger partial charge in [0, 0.05) is 58.5 Å². The van der Waals surface area contributed by atoms with Gasteiger partial charge in [0.05, 0.1) is 29.8 Å². The molecule has 0 amide bonds. The van der Waals surface area contributed by atoms with Crippen molar-refractivity contribution in [2.45, 2.75) is 93.7 Å². The number of hydrogen-bond acceptors (Lipinski definition) is 9. The van der Waals surface area contributed by atoms with Crippen LogP contribution in [0.25, 0.3) is 0 Å². The van der Waals surface area contributed by atoms with E-state index in [4.69, 9.17) is 28.4 Å². The Morgan fingerprint density at radius 1 is 1.17 bits per heavy atom. The number of likely N-dealkylation sites (tertiary alicyclic amines) is 1. The summed E-state index contributed by atoms with van der Waals surface area (Å²) in [6, 6.07) is -0.224. The van der Waals surface area contributed by atoms with E-state index in [0.717, 1.165) is 25.8 Å². The number of piperidine rings is 1. The van der Waals surface area contributed by atoms with Crippen LogP contribution in [0.1, 0.15) is 46.5 Å². The van der Waals surface area contributed by atoms with Gasteiger partial charge in [-0.25, -0.2) is 0 Å². The number of nitrogens with zero attached hydrogens (tertiary/aromatic N) is 1. The van der Waals surface area contributed by atoms with Gasteiger partial charge in [0.25, 0.3) is 0 Å². The summed E-state index contributed by atoms with van der Waals surface area (Å²) in [6.45, 7) is 7.39. The molecule has 7 rings (SSSR count). The molecule has 9 nitrogen and oxygen atoms in total. The molecule has 2 heterocycles. The maximum atomic E-state index is 13.4. The highest BCUT2D eigenvalue weighted by molar-refractivity contribution is 5.67. The highest BCUT2D eigenvalue weighted by Gasteiger charge is 2.98. The average Bonchev–Trinajstić information content (AvgIpc) is 3.42. The highest BCUT2D eigenvalue weighted by atomic mass is 16.7. The molecule has 2 saturated heterocycles. The van der Waals surface area contributed by atoms with Crippen molar-refractivity contribution in [3.63, 3.8) is 0 Å². The molecule has 5 unspecified atom stereocenters. The van der Waals surface area contributed by atoms with E-state index >= 15 is 0 Å². The van der Waals surface area contributed by atoms with Gasteiger partial charge < -0.3 is 33.5 Å². The van der Waals surface area contributed by atoms with Crippen LogP contribution >= 0.6 is 0 Å². The van der Waals surface area contributed by atoms with Crippen LogP contribution in [0.2, 0.25) is 0 Å². The number of likely N-dealkylation sites (N-methyl/N-ethyl adjacent to an activating group) is 1. The van der Waals surface area contributed by atoms with Gasteiger partial charge in [-0.05, 0) is 31.7 Å². The second-order valence-corrected chi connectivity index (χ2v) is 12.8. The first-order valence-corrected chi connectivity index (χ1v) is 13.7. The van der Waals surface area contributed by atoms with Gasteiger partial charge in [-0.2, -0.15) is 0 Å². The van der Waals surface area contributed by atoms with E-state index in [2.05, 4.69) is 18.7 Å². The zero-order valence-electron chi connectivity index (χ0n) is 22.3. The van der Waals surface area contributed by atoms with Gasteiger partial charge in [-0.15, -0.1) is 0 Å². The lowest BCUT2D eigenvalue weighted by molar-refractivity contribution is -0.324. The lowest BCUT2D eigenvalue weighted by Crippen LogP contribution is -2.83. The van der Waals surface area contributed by atoms with E-state index in [0.29, 0.717) is 13.0 Å². The molecule has 7 bridgehead atoms. The molecule has 2 aliphatic heterocycles. The lowest BCUT2D eigenvalue weighted by atomic mass is 9.41. The standard InChI is InChI=1S/C27H41NO8/c1-7-28-12-23(3)9-8-18(32-5)25-16-10-15-17(31-4)11-24(19(16)20(15)33-6)26(21(25)28,35-13-34-24)22(27(23,25)30)36-14(2)29/h15-22,30H,7-13H2,1-6H3/t15-,16-,17+,18?,19-,20?,21?,22-,23+,24-,25?,26?,27+/m1/s1. The van der Waals surface area contributed by atoms with Crippen LogP contribution in [0.15, 0.2) is 0 Å². The number of aliphatic hydroxyl groups is 1. The number of fused-ring (bicyclic) bond motifs is 1. The molecular weight excluding hydrogens is 466 g/mol. The zero-order valence-corrected chi connectivity index (χ0v) is 22.3. The minimum Gasteiger partial charge on any atom is -0.456 e. The number of esters is 1. The Balaban J connectivity index is 1.61. The number of ether oxygens (including phenoxy) is 6. The van der Waals surface area contributed by atoms with Crippen molar-refractivity contribution in [3.8, 4) is 0 Å². The van der Waals surface area contributed by atoms with Crippen LogP contribution in [0.3, 0.4) is 0 Å². The normalized spacial score (nSPS) is 60.2. The van der Waals surface area contributed by atoms with E-state index in [1.54, 1.807) is 21.3 Å². The van der Waals surface area contributed by atoms with Crippen LogP contribution in [-0.4, -0.2) is 104 Å². The molecule has 0 aromatic heterocycles. The molecule has 5 saturated carbocycles. The van der Waals surface area contributed by atoms with Gasteiger partial charge in [0.2, 0.25) is 0 Å². The van der Waals surface area contributed by atoms with Crippen molar-refractivity contribution >= 4 is 5.97 Å². The lowest BCUT2D eigenvalue weighted by Gasteiger charge is -2.71. The maximum absolute atomic E-state index is 13.4. The van der Waals surface area contributed by atoms with Crippen molar-refractivity contribution in [1.29, 1.82) is 0 Å². The summed E-state index contributed by atoms with van der Waals surface area (Å²) in [5.41, 5.74) is -4.44. The fraction of sp³-hybridized carbons (Fsp3) is 0.963. The fourth-order valence-electron chi connectivity index (χ4n) is 11.7. The minimum absolute atomic E-state index is 0.0264. The molecule has 1 N–H and O–H groups in total. The molecule has 5 aliphatic carbocycles. The predicted octanol–water partition coefficient (Wildman–Crippen LogP) is 1.35. The van der Waals surface area contributed by atoms with Crippen molar-refractivity contribution in [2.24, 2.45) is 28.6 Å². The summed E-state index contributed by atoms with van der Waals surface area (Å²) < 4.78 is 38.7. The Kier molecular flexibility index (Phi) is 4.87. The van der Waals surface area contributed by atoms with Crippen LogP contribution in [0, 0.1) is 28.6 Å². The van der Waals surface area contributed by atoms with Gasteiger partial charge in [-0.1, -0.05) is 13.8 Å². The number of carbonyl (C=O) groups excluding carboxylic acids is 1. The Morgan fingerprint density at radius 3 is 2.58 bits per heavy atom. The Morgan fingerprint density at radius 2 is 1.94 bits per heavy atom. The molecule has 7 aliphatic rings. The van der Waals surface area contributed by atoms with Crippen molar-refractivity contribution < 1.29 is 38.3 Å². The molecule has 0 aromatic rings. The van der Waals surface area contributed by atoms with Gasteiger partial charge >= 0.3 is 5.97 Å². The topological polar surface area (TPSA) is 95.9 Å². The summed E-state index contributed by atoms with van der Waals surface area (Å²) >= 11 is 0. The van der Waals surface area contributed by atoms with Crippen molar-refractivity contribution in [2.75, 3.05) is 41.2 Å². The smallest absolute Gasteiger partial charge is 0.303 e. The molecule has 36 heavy (non-hydrogen) atoms. The summed E-state index contributed by atoms with van der Waals surface area (Å²) in [5.74, 6) is -0.210. The van der Waals surface area contributed by atoms with Crippen LogP contribution in [0.4, 0.5) is 0 Å². The molecule has 0 radical (unpaired) electrons. The minimum atomic E-state index is -1.34. The number of methoxy groups -OCH3 is 3. The highest BCUT2D eigenvalue weighted by Crippen LogP contribution is 2.83. The number of rotatable bonds is 5. The first kappa shape index (κ1) is 24.2. The molecular formula is C27H41NO8. The third kappa shape index (κ3) is 2.09. The predicted molar refractivity (Wildman–Crippen MR) is 126 cm³/mol. The van der Waals surface area contributed by atoms with Crippen LogP contribution in [0.5, 0.6) is 0 Å². The summed E-state index contributed by atoms with van der Waals surface area (Å²) in [4.78, 5) is 15.3. The molecule has 3 spiro atoms. The molecule has 0 aromatic carbocycles. The summed E-state index contributed by atoms with van der Waals surface area (Å²) in [5, 5.41) is 13.4. The molecule has 202 valence electrons. The van der Waals surface area contributed by atoms with Crippen LogP contribution in [-0.2, 0) is 33.2 Å². The van der Waals surface area contributed by atoms with Crippen LogP contribution < -0.4 is 0 Å². The number of carbonyl (C=O) groups is 1. The summed E-state index contributed by atoms with van der Waals surface area (Å²) in [6.07, 6.45) is 1.83. The number of hydrogen-bond donors (Lipinski definition) is 1. The first-order chi connectivity index (χ1) is 17.2. The van der Waals surface area contributed by atoms with Gasteiger partial charge in [0.15, 0.2) is 11.7 Å². The van der Waals surface area contributed by atoms with E-state index in [1.165, 1.54) is 6.92 Å². The fourth-order valence-corrected chi connectivity index (χ4v) is 11.7. The SMILES string of the molecule is CCN1C[C@]2(C)CCC(OC)C34C1C1(OCO[C@@]15C[C@H](OC)[C@H]1C[C@@H]3[C@@H]5C1OC)[C@@H](OC(C)=O)[C@@]42O. The van der Waals surface area contributed by atoms with E-state index < -0.39 is 39.7 Å². The van der Waals surface area contributed by atoms with E-state index in [1.807, 2.05) is 0 Å². The molecule has 7 fully saturated rings. The van der Waals surface area contributed by atoms with Gasteiger partial charge in [0.1, 0.15) is 18.0 Å². The first-order valence-electron chi connectivity index (χ1n) is 13.7. The maximum Gasteiger partial charge on any atom is 0.303 e. The molecule has 13 atom stereocenters. The van der Waals surface area contributed by atoms with E-state index in [-0.39, 0.29) is 48.9 Å². The van der Waals surface area contributed by atoms with Gasteiger partial charge in [-0.3, -0.25) is 9.69 Å². The third-order valence-electron chi connectivity index (χ3n) is 12.3. The second kappa shape index (κ2) is 7.23. The van der Waals surface area contributed by atoms with Crippen molar-refractivity contribution in [1.82, 2.24) is 4.90 Å². The Labute approximate surface area is 213 Å². The largest absolute Gasteiger partial charge is 0.456 e.